The van der Waals surface area contributed by atoms with Crippen molar-refractivity contribution >= 4 is 22.3 Å². The lowest BCUT2D eigenvalue weighted by atomic mass is 9.82. The van der Waals surface area contributed by atoms with E-state index in [9.17, 15) is 0 Å². The molecule has 2 heterocycles. The first-order valence-corrected chi connectivity index (χ1v) is 7.36. The Hall–Kier alpha value is -1.77. The molecule has 0 amide bonds. The van der Waals surface area contributed by atoms with Gasteiger partial charge in [0.15, 0.2) is 0 Å². The van der Waals surface area contributed by atoms with Crippen molar-refractivity contribution in [3.05, 3.63) is 30.0 Å². The lowest BCUT2D eigenvalue weighted by Crippen LogP contribution is -2.37. The van der Waals surface area contributed by atoms with Gasteiger partial charge in [-0.3, -0.25) is 4.98 Å². The molecule has 1 aromatic carbocycles. The van der Waals surface area contributed by atoms with Gasteiger partial charge in [0.25, 0.3) is 0 Å². The minimum atomic E-state index is 0.466. The number of hydrogen-bond donors (Lipinski definition) is 1. The highest BCUT2D eigenvalue weighted by Crippen LogP contribution is 2.35. The van der Waals surface area contributed by atoms with E-state index in [2.05, 4.69) is 42.8 Å². The van der Waals surface area contributed by atoms with E-state index in [1.54, 1.807) is 0 Å². The van der Waals surface area contributed by atoms with Crippen molar-refractivity contribution in [2.24, 2.45) is 5.41 Å². The Bertz CT molecular complexity index is 636. The van der Waals surface area contributed by atoms with Gasteiger partial charge in [-0.1, -0.05) is 13.8 Å². The van der Waals surface area contributed by atoms with Crippen LogP contribution in [0, 0.1) is 12.3 Å². The third kappa shape index (κ3) is 2.45. The Labute approximate surface area is 120 Å². The Balaban J connectivity index is 2.04. The van der Waals surface area contributed by atoms with Crippen LogP contribution in [-0.2, 0) is 0 Å². The van der Waals surface area contributed by atoms with Crippen molar-refractivity contribution in [1.29, 1.82) is 0 Å². The van der Waals surface area contributed by atoms with E-state index in [1.807, 2.05) is 12.1 Å². The van der Waals surface area contributed by atoms with Gasteiger partial charge >= 0.3 is 0 Å². The molecule has 1 saturated heterocycles. The van der Waals surface area contributed by atoms with Gasteiger partial charge in [-0.15, -0.1) is 0 Å². The number of pyridine rings is 1. The molecule has 1 aliphatic heterocycles. The molecule has 0 radical (unpaired) electrons. The Morgan fingerprint density at radius 3 is 2.55 bits per heavy atom. The van der Waals surface area contributed by atoms with Crippen LogP contribution in [0.15, 0.2) is 24.3 Å². The van der Waals surface area contributed by atoms with E-state index >= 15 is 0 Å². The summed E-state index contributed by atoms with van der Waals surface area (Å²) in [4.78, 5) is 7.11. The molecule has 3 rings (SSSR count). The summed E-state index contributed by atoms with van der Waals surface area (Å²) in [6, 6.07) is 8.20. The first-order chi connectivity index (χ1) is 9.44. The van der Waals surface area contributed by atoms with Crippen molar-refractivity contribution in [2.45, 2.75) is 33.6 Å². The number of nitrogens with zero attached hydrogens (tertiary/aromatic N) is 2. The second-order valence-electron chi connectivity index (χ2n) is 6.71. The maximum absolute atomic E-state index is 5.96. The molecular weight excluding hydrogens is 246 g/mol. The van der Waals surface area contributed by atoms with Gasteiger partial charge in [-0.25, -0.2) is 0 Å². The summed E-state index contributed by atoms with van der Waals surface area (Å²) in [6.07, 6.45) is 2.47. The summed E-state index contributed by atoms with van der Waals surface area (Å²) < 4.78 is 0. The molecule has 1 aromatic heterocycles. The van der Waals surface area contributed by atoms with Crippen molar-refractivity contribution in [1.82, 2.24) is 4.98 Å². The highest BCUT2D eigenvalue weighted by Gasteiger charge is 2.26. The predicted molar refractivity (Wildman–Crippen MR) is 86.1 cm³/mol. The topological polar surface area (TPSA) is 42.1 Å². The Morgan fingerprint density at radius 2 is 1.85 bits per heavy atom. The molecule has 106 valence electrons. The van der Waals surface area contributed by atoms with E-state index in [1.165, 1.54) is 23.9 Å². The van der Waals surface area contributed by atoms with Gasteiger partial charge in [0.2, 0.25) is 0 Å². The van der Waals surface area contributed by atoms with Crippen molar-refractivity contribution < 1.29 is 0 Å². The van der Waals surface area contributed by atoms with Crippen molar-refractivity contribution in [2.75, 3.05) is 23.7 Å². The van der Waals surface area contributed by atoms with Crippen LogP contribution < -0.4 is 10.6 Å². The third-order valence-electron chi connectivity index (χ3n) is 4.40. The third-order valence-corrected chi connectivity index (χ3v) is 4.40. The molecule has 3 heteroatoms. The molecule has 20 heavy (non-hydrogen) atoms. The number of hydrogen-bond acceptors (Lipinski definition) is 3. The maximum Gasteiger partial charge on any atom is 0.0727 e. The minimum absolute atomic E-state index is 0.466. The van der Waals surface area contributed by atoms with Crippen LogP contribution in [0.3, 0.4) is 0 Å². The zero-order chi connectivity index (χ0) is 14.3. The summed E-state index contributed by atoms with van der Waals surface area (Å²) in [7, 11) is 0. The number of fused-ring (bicyclic) bond motifs is 1. The normalized spacial score (nSPS) is 18.4. The van der Waals surface area contributed by atoms with Gasteiger partial charge in [0, 0.05) is 35.5 Å². The summed E-state index contributed by atoms with van der Waals surface area (Å²) >= 11 is 0. The summed E-state index contributed by atoms with van der Waals surface area (Å²) in [5, 5.41) is 1.18. The van der Waals surface area contributed by atoms with Gasteiger partial charge in [0.05, 0.1) is 5.52 Å². The highest BCUT2D eigenvalue weighted by atomic mass is 15.1. The van der Waals surface area contributed by atoms with Gasteiger partial charge in [-0.2, -0.15) is 0 Å². The average molecular weight is 269 g/mol. The van der Waals surface area contributed by atoms with Crippen LogP contribution in [0.2, 0.25) is 0 Å². The summed E-state index contributed by atoms with van der Waals surface area (Å²) in [5.41, 5.74) is 10.6. The van der Waals surface area contributed by atoms with E-state index in [-0.39, 0.29) is 0 Å². The summed E-state index contributed by atoms with van der Waals surface area (Å²) in [5.74, 6) is 0. The molecule has 1 fully saturated rings. The molecule has 2 aromatic rings. The summed E-state index contributed by atoms with van der Waals surface area (Å²) in [6.45, 7) is 9.00. The van der Waals surface area contributed by atoms with E-state index in [0.717, 1.165) is 30.0 Å². The fourth-order valence-corrected chi connectivity index (χ4v) is 2.97. The van der Waals surface area contributed by atoms with Crippen molar-refractivity contribution in [3.8, 4) is 0 Å². The number of aryl methyl sites for hydroxylation is 1. The van der Waals surface area contributed by atoms with E-state index in [0.29, 0.717) is 5.41 Å². The van der Waals surface area contributed by atoms with Crippen LogP contribution in [0.25, 0.3) is 10.9 Å². The smallest absolute Gasteiger partial charge is 0.0727 e. The SMILES string of the molecule is Cc1cc(N2CCC(C)(C)CC2)c2cc(N)ccc2n1. The first-order valence-electron chi connectivity index (χ1n) is 7.36. The number of anilines is 2. The number of nitrogens with two attached hydrogens (primary N) is 1. The van der Waals surface area contributed by atoms with E-state index < -0.39 is 0 Å². The Kier molecular flexibility index (Phi) is 3.08. The number of benzene rings is 1. The monoisotopic (exact) mass is 269 g/mol. The van der Waals surface area contributed by atoms with Crippen molar-refractivity contribution in [3.63, 3.8) is 0 Å². The highest BCUT2D eigenvalue weighted by molar-refractivity contribution is 5.94. The number of aromatic nitrogens is 1. The second kappa shape index (κ2) is 4.65. The van der Waals surface area contributed by atoms with E-state index in [4.69, 9.17) is 5.73 Å². The predicted octanol–water partition coefficient (Wildman–Crippen LogP) is 3.75. The number of piperidine rings is 1. The van der Waals surface area contributed by atoms with Crippen LogP contribution in [0.4, 0.5) is 11.4 Å². The Morgan fingerprint density at radius 1 is 1.15 bits per heavy atom. The first kappa shape index (κ1) is 13.2. The molecule has 0 unspecified atom stereocenters. The van der Waals surface area contributed by atoms with Crippen LogP contribution in [-0.4, -0.2) is 18.1 Å². The van der Waals surface area contributed by atoms with Gasteiger partial charge < -0.3 is 10.6 Å². The molecule has 0 spiro atoms. The molecule has 3 nitrogen and oxygen atoms in total. The number of rotatable bonds is 1. The second-order valence-corrected chi connectivity index (χ2v) is 6.71. The average Bonchev–Trinajstić information content (AvgIpc) is 2.39. The quantitative estimate of drug-likeness (QED) is 0.802. The zero-order valence-electron chi connectivity index (χ0n) is 12.6. The lowest BCUT2D eigenvalue weighted by molar-refractivity contribution is 0.280. The molecule has 0 atom stereocenters. The standard InChI is InChI=1S/C17H23N3/c1-12-10-16(20-8-6-17(2,3)7-9-20)14-11-13(18)4-5-15(14)19-12/h4-5,10-11H,6-9,18H2,1-3H3. The zero-order valence-corrected chi connectivity index (χ0v) is 12.6. The largest absolute Gasteiger partial charge is 0.399 e. The van der Waals surface area contributed by atoms with Crippen LogP contribution in [0.1, 0.15) is 32.4 Å². The van der Waals surface area contributed by atoms with Crippen LogP contribution in [0.5, 0.6) is 0 Å². The van der Waals surface area contributed by atoms with Gasteiger partial charge in [-0.05, 0) is 49.4 Å². The molecule has 0 aliphatic carbocycles. The molecule has 2 N–H and O–H groups in total. The van der Waals surface area contributed by atoms with Crippen LogP contribution >= 0.6 is 0 Å². The molecule has 0 bridgehead atoms. The maximum atomic E-state index is 5.96. The lowest BCUT2D eigenvalue weighted by Gasteiger charge is -2.38. The number of nitrogen functional groups attached to an aromatic ring is 1. The minimum Gasteiger partial charge on any atom is -0.399 e. The van der Waals surface area contributed by atoms with Gasteiger partial charge in [0.1, 0.15) is 0 Å². The fraction of sp³-hybridized carbons (Fsp3) is 0.471. The fourth-order valence-electron chi connectivity index (χ4n) is 2.97. The molecular formula is C17H23N3. The molecule has 0 saturated carbocycles. The molecule has 1 aliphatic rings.